The molecular formula is C33H32N2O5. The Morgan fingerprint density at radius 1 is 0.950 bits per heavy atom. The van der Waals surface area contributed by atoms with Crippen LogP contribution in [0.2, 0.25) is 0 Å². The number of esters is 1. The molecule has 0 aliphatic carbocycles. The van der Waals surface area contributed by atoms with Gasteiger partial charge in [0.2, 0.25) is 0 Å². The Morgan fingerprint density at radius 2 is 1.70 bits per heavy atom. The van der Waals surface area contributed by atoms with Crippen LogP contribution in [-0.4, -0.2) is 38.2 Å². The minimum atomic E-state index is -0.319. The van der Waals surface area contributed by atoms with Crippen LogP contribution in [0.1, 0.15) is 27.0 Å². The Balaban J connectivity index is 1.13. The lowest BCUT2D eigenvalue weighted by molar-refractivity contribution is -0.144. The Hall–Kier alpha value is -4.78. The summed E-state index contributed by atoms with van der Waals surface area (Å²) in [6.45, 7) is 3.28. The van der Waals surface area contributed by atoms with E-state index in [0.717, 1.165) is 34.7 Å². The molecule has 7 nitrogen and oxygen atoms in total. The number of hydrogen-bond donors (Lipinski definition) is 1. The first-order valence-corrected chi connectivity index (χ1v) is 13.2. The summed E-state index contributed by atoms with van der Waals surface area (Å²) < 4.78 is 17.4. The largest absolute Gasteiger partial charge is 0.490 e. The molecule has 0 aromatic heterocycles. The molecule has 7 heteroatoms. The van der Waals surface area contributed by atoms with Gasteiger partial charge in [-0.2, -0.15) is 0 Å². The predicted molar refractivity (Wildman–Crippen MR) is 155 cm³/mol. The third kappa shape index (κ3) is 6.80. The van der Waals surface area contributed by atoms with Crippen molar-refractivity contribution in [3.05, 3.63) is 119 Å². The van der Waals surface area contributed by atoms with Gasteiger partial charge < -0.3 is 24.4 Å². The highest BCUT2D eigenvalue weighted by Gasteiger charge is 2.23. The highest BCUT2D eigenvalue weighted by atomic mass is 16.5. The minimum absolute atomic E-state index is 0.103. The van der Waals surface area contributed by atoms with Gasteiger partial charge in [-0.15, -0.1) is 0 Å². The average Bonchev–Trinajstić information content (AvgIpc) is 2.97. The lowest BCUT2D eigenvalue weighted by Crippen LogP contribution is -2.41. The summed E-state index contributed by atoms with van der Waals surface area (Å²) in [4.78, 5) is 27.5. The summed E-state index contributed by atoms with van der Waals surface area (Å²) in [5.41, 5.74) is 4.87. The van der Waals surface area contributed by atoms with Gasteiger partial charge in [-0.3, -0.25) is 9.59 Å². The molecule has 1 heterocycles. The first-order chi connectivity index (χ1) is 19.4. The zero-order valence-electron chi connectivity index (χ0n) is 22.6. The first kappa shape index (κ1) is 26.8. The summed E-state index contributed by atoms with van der Waals surface area (Å²) in [7, 11) is 2.04. The number of amides is 1. The molecule has 5 rings (SSSR count). The summed E-state index contributed by atoms with van der Waals surface area (Å²) in [6, 6.07) is 30.0. The molecule has 4 aromatic rings. The second kappa shape index (κ2) is 12.4. The maximum atomic E-state index is 12.9. The van der Waals surface area contributed by atoms with Crippen molar-refractivity contribution < 1.29 is 23.8 Å². The van der Waals surface area contributed by atoms with Crippen molar-refractivity contribution in [1.29, 1.82) is 0 Å². The van der Waals surface area contributed by atoms with E-state index >= 15 is 0 Å². The second-order valence-corrected chi connectivity index (χ2v) is 9.84. The maximum absolute atomic E-state index is 12.9. The molecule has 0 saturated carbocycles. The maximum Gasteiger partial charge on any atom is 0.310 e. The lowest BCUT2D eigenvalue weighted by atomic mass is 10.0. The molecular weight excluding hydrogens is 504 g/mol. The number of anilines is 2. The van der Waals surface area contributed by atoms with Crippen molar-refractivity contribution in [3.63, 3.8) is 0 Å². The molecule has 0 unspecified atom stereocenters. The van der Waals surface area contributed by atoms with E-state index in [2.05, 4.69) is 10.2 Å². The smallest absolute Gasteiger partial charge is 0.310 e. The van der Waals surface area contributed by atoms with Crippen LogP contribution in [-0.2, 0) is 22.6 Å². The van der Waals surface area contributed by atoms with Crippen LogP contribution >= 0.6 is 0 Å². The third-order valence-corrected chi connectivity index (χ3v) is 6.78. The molecule has 4 aromatic carbocycles. The van der Waals surface area contributed by atoms with Gasteiger partial charge in [0.25, 0.3) is 5.91 Å². The van der Waals surface area contributed by atoms with Crippen molar-refractivity contribution >= 4 is 23.3 Å². The number of carbonyl (C=O) groups excluding carboxylic acids is 2. The van der Waals surface area contributed by atoms with Crippen LogP contribution in [0.25, 0.3) is 0 Å². The van der Waals surface area contributed by atoms with Crippen LogP contribution in [0.4, 0.5) is 11.4 Å². The number of carbonyl (C=O) groups is 2. The second-order valence-electron chi connectivity index (χ2n) is 9.84. The van der Waals surface area contributed by atoms with Crippen LogP contribution in [0, 0.1) is 6.92 Å². The van der Waals surface area contributed by atoms with Crippen molar-refractivity contribution in [2.45, 2.75) is 26.1 Å². The number of benzene rings is 4. The van der Waals surface area contributed by atoms with Gasteiger partial charge in [-0.25, -0.2) is 0 Å². The van der Waals surface area contributed by atoms with Gasteiger partial charge in [-0.1, -0.05) is 48.5 Å². The third-order valence-electron chi connectivity index (χ3n) is 6.78. The van der Waals surface area contributed by atoms with E-state index < -0.39 is 0 Å². The van der Waals surface area contributed by atoms with Crippen LogP contribution in [0.5, 0.6) is 11.5 Å². The lowest BCUT2D eigenvalue weighted by Gasteiger charge is -2.33. The fraction of sp³-hybridized carbons (Fsp3) is 0.212. The van der Waals surface area contributed by atoms with Crippen molar-refractivity contribution in [3.8, 4) is 11.5 Å². The number of para-hydroxylation sites is 2. The molecule has 0 spiro atoms. The number of rotatable bonds is 9. The Bertz CT molecular complexity index is 1470. The molecule has 0 fully saturated rings. The zero-order valence-corrected chi connectivity index (χ0v) is 22.6. The van der Waals surface area contributed by atoms with E-state index in [4.69, 9.17) is 14.2 Å². The Labute approximate surface area is 234 Å². The Kier molecular flexibility index (Phi) is 8.30. The topological polar surface area (TPSA) is 77.1 Å². The minimum Gasteiger partial charge on any atom is -0.490 e. The molecule has 1 aliphatic heterocycles. The molecule has 1 aliphatic rings. The van der Waals surface area contributed by atoms with Crippen molar-refractivity contribution in [2.75, 3.05) is 30.4 Å². The molecule has 1 N–H and O–H groups in total. The zero-order chi connectivity index (χ0) is 27.9. The standard InChI is InChI=1S/C33H32N2O5/c1-23-12-15-27(18-26(23)19-32(36)39-21-24-8-4-3-5-9-24)34-33(37)25-13-16-28(17-14-25)38-22-29-20-35(2)30-10-6-7-11-31(30)40-29/h3-18,29H,19-22H2,1-2H3,(H,34,37)/t29-/m0/s1. The summed E-state index contributed by atoms with van der Waals surface area (Å²) >= 11 is 0. The van der Waals surface area contributed by atoms with Crippen LogP contribution < -0.4 is 19.7 Å². The van der Waals surface area contributed by atoms with Gasteiger partial charge in [0.15, 0.2) is 0 Å². The number of nitrogens with zero attached hydrogens (tertiary/aromatic N) is 1. The average molecular weight is 537 g/mol. The molecule has 0 saturated heterocycles. The summed E-state index contributed by atoms with van der Waals surface area (Å²) in [6.07, 6.45) is 0.0229. The number of aryl methyl sites for hydroxylation is 1. The van der Waals surface area contributed by atoms with E-state index in [0.29, 0.717) is 23.6 Å². The van der Waals surface area contributed by atoms with Gasteiger partial charge in [0.05, 0.1) is 18.7 Å². The predicted octanol–water partition coefficient (Wildman–Crippen LogP) is 5.81. The normalized spacial score (nSPS) is 14.1. The van der Waals surface area contributed by atoms with Crippen molar-refractivity contribution in [2.24, 2.45) is 0 Å². The number of likely N-dealkylation sites (N-methyl/N-ethyl adjacent to an activating group) is 1. The molecule has 204 valence electrons. The van der Waals surface area contributed by atoms with Gasteiger partial charge in [-0.05, 0) is 72.1 Å². The molecule has 0 bridgehead atoms. The van der Waals surface area contributed by atoms with E-state index in [1.165, 1.54) is 0 Å². The van der Waals surface area contributed by atoms with Crippen LogP contribution in [0.15, 0.2) is 97.1 Å². The monoisotopic (exact) mass is 536 g/mol. The molecule has 0 radical (unpaired) electrons. The summed E-state index contributed by atoms with van der Waals surface area (Å²) in [5, 5.41) is 2.92. The van der Waals surface area contributed by atoms with Gasteiger partial charge >= 0.3 is 5.97 Å². The van der Waals surface area contributed by atoms with Crippen molar-refractivity contribution in [1.82, 2.24) is 0 Å². The summed E-state index contributed by atoms with van der Waals surface area (Å²) in [5.74, 6) is 0.941. The molecule has 1 atom stereocenters. The first-order valence-electron chi connectivity index (χ1n) is 13.2. The molecule has 1 amide bonds. The molecule has 40 heavy (non-hydrogen) atoms. The van der Waals surface area contributed by atoms with E-state index in [-0.39, 0.29) is 31.0 Å². The van der Waals surface area contributed by atoms with E-state index in [9.17, 15) is 9.59 Å². The number of hydrogen-bond acceptors (Lipinski definition) is 6. The Morgan fingerprint density at radius 3 is 2.50 bits per heavy atom. The fourth-order valence-corrected chi connectivity index (χ4v) is 4.56. The van der Waals surface area contributed by atoms with Gasteiger partial charge in [0, 0.05) is 18.3 Å². The SMILES string of the molecule is Cc1ccc(NC(=O)c2ccc(OC[C@@H]3CN(C)c4ccccc4O3)cc2)cc1CC(=O)OCc1ccccc1. The quantitative estimate of drug-likeness (QED) is 0.272. The highest BCUT2D eigenvalue weighted by Crippen LogP contribution is 2.32. The number of nitrogens with one attached hydrogen (secondary N) is 1. The number of ether oxygens (including phenoxy) is 3. The fourth-order valence-electron chi connectivity index (χ4n) is 4.56. The number of fused-ring (bicyclic) bond motifs is 1. The van der Waals surface area contributed by atoms with Gasteiger partial charge in [0.1, 0.15) is 30.8 Å². The van der Waals surface area contributed by atoms with E-state index in [1.54, 1.807) is 24.3 Å². The highest BCUT2D eigenvalue weighted by molar-refractivity contribution is 6.04. The van der Waals surface area contributed by atoms with Crippen LogP contribution in [0.3, 0.4) is 0 Å². The van der Waals surface area contributed by atoms with E-state index in [1.807, 2.05) is 86.8 Å².